The first kappa shape index (κ1) is 9.52. The van der Waals surface area contributed by atoms with Gasteiger partial charge < -0.3 is 10.5 Å². The second kappa shape index (κ2) is 3.90. The minimum Gasteiger partial charge on any atom is -0.469 e. The maximum Gasteiger partial charge on any atom is 0.305 e. The van der Waals surface area contributed by atoms with Gasteiger partial charge in [0.1, 0.15) is 0 Å². The van der Waals surface area contributed by atoms with Crippen molar-refractivity contribution in [2.75, 3.05) is 13.7 Å². The van der Waals surface area contributed by atoms with Crippen LogP contribution in [0.5, 0.6) is 0 Å². The van der Waals surface area contributed by atoms with Gasteiger partial charge in [0, 0.05) is 6.42 Å². The molecule has 1 aliphatic carbocycles. The molecule has 3 nitrogen and oxygen atoms in total. The lowest BCUT2D eigenvalue weighted by atomic mass is 9.99. The summed E-state index contributed by atoms with van der Waals surface area (Å²) in [6, 6.07) is 0. The number of carbonyl (C=O) groups excluding carboxylic acids is 1. The second-order valence-corrected chi connectivity index (χ2v) is 3.65. The summed E-state index contributed by atoms with van der Waals surface area (Å²) in [5.74, 6) is 1.62. The number of hydrogen-bond acceptors (Lipinski definition) is 3. The SMILES string of the molecule is COC(=O)CC(CN)C1CC1C. The van der Waals surface area contributed by atoms with E-state index in [1.807, 2.05) is 0 Å². The van der Waals surface area contributed by atoms with E-state index in [0.717, 1.165) is 5.92 Å². The molecule has 0 heterocycles. The van der Waals surface area contributed by atoms with Gasteiger partial charge in [-0.25, -0.2) is 0 Å². The quantitative estimate of drug-likeness (QED) is 0.636. The van der Waals surface area contributed by atoms with Crippen LogP contribution in [-0.2, 0) is 9.53 Å². The molecule has 1 saturated carbocycles. The van der Waals surface area contributed by atoms with Gasteiger partial charge in [-0.15, -0.1) is 0 Å². The van der Waals surface area contributed by atoms with Crippen LogP contribution in [0.2, 0.25) is 0 Å². The van der Waals surface area contributed by atoms with Crippen molar-refractivity contribution in [3.8, 4) is 0 Å². The van der Waals surface area contributed by atoms with Crippen LogP contribution in [0.3, 0.4) is 0 Å². The van der Waals surface area contributed by atoms with Crippen LogP contribution in [0.4, 0.5) is 0 Å². The molecule has 70 valence electrons. The Kier molecular flexibility index (Phi) is 3.09. The summed E-state index contributed by atoms with van der Waals surface area (Å²) >= 11 is 0. The molecule has 3 heteroatoms. The average molecular weight is 171 g/mol. The first-order valence-electron chi connectivity index (χ1n) is 4.46. The molecule has 0 radical (unpaired) electrons. The number of esters is 1. The Morgan fingerprint density at radius 2 is 2.33 bits per heavy atom. The van der Waals surface area contributed by atoms with Crippen LogP contribution >= 0.6 is 0 Å². The van der Waals surface area contributed by atoms with Crippen LogP contribution in [0.25, 0.3) is 0 Å². The monoisotopic (exact) mass is 171 g/mol. The molecule has 1 rings (SSSR count). The molecule has 1 fully saturated rings. The summed E-state index contributed by atoms with van der Waals surface area (Å²) in [6.45, 7) is 2.80. The van der Waals surface area contributed by atoms with Crippen molar-refractivity contribution < 1.29 is 9.53 Å². The number of carbonyl (C=O) groups is 1. The molecule has 0 saturated heterocycles. The van der Waals surface area contributed by atoms with Crippen molar-refractivity contribution in [3.63, 3.8) is 0 Å². The lowest BCUT2D eigenvalue weighted by Gasteiger charge is -2.11. The van der Waals surface area contributed by atoms with Crippen LogP contribution in [0, 0.1) is 17.8 Å². The van der Waals surface area contributed by atoms with E-state index in [2.05, 4.69) is 11.7 Å². The Morgan fingerprint density at radius 3 is 2.67 bits per heavy atom. The molecule has 3 unspecified atom stereocenters. The van der Waals surface area contributed by atoms with E-state index in [1.54, 1.807) is 0 Å². The molecule has 12 heavy (non-hydrogen) atoms. The fourth-order valence-electron chi connectivity index (χ4n) is 1.71. The van der Waals surface area contributed by atoms with E-state index in [-0.39, 0.29) is 5.97 Å². The Morgan fingerprint density at radius 1 is 1.75 bits per heavy atom. The number of methoxy groups -OCH3 is 1. The Hall–Kier alpha value is -0.570. The summed E-state index contributed by atoms with van der Waals surface area (Å²) in [5.41, 5.74) is 5.57. The third kappa shape index (κ3) is 2.21. The molecular weight excluding hydrogens is 154 g/mol. The van der Waals surface area contributed by atoms with Crippen LogP contribution in [0.15, 0.2) is 0 Å². The van der Waals surface area contributed by atoms with E-state index in [1.165, 1.54) is 13.5 Å². The Bertz CT molecular complexity index is 170. The number of rotatable bonds is 4. The lowest BCUT2D eigenvalue weighted by Crippen LogP contribution is -2.21. The van der Waals surface area contributed by atoms with Crippen LogP contribution in [-0.4, -0.2) is 19.6 Å². The van der Waals surface area contributed by atoms with E-state index >= 15 is 0 Å². The van der Waals surface area contributed by atoms with E-state index < -0.39 is 0 Å². The molecule has 0 aromatic carbocycles. The highest BCUT2D eigenvalue weighted by molar-refractivity contribution is 5.69. The summed E-state index contributed by atoms with van der Waals surface area (Å²) in [5, 5.41) is 0. The van der Waals surface area contributed by atoms with Gasteiger partial charge in [-0.1, -0.05) is 6.92 Å². The summed E-state index contributed by atoms with van der Waals surface area (Å²) in [6.07, 6.45) is 1.71. The average Bonchev–Trinajstić information content (AvgIpc) is 2.77. The zero-order valence-electron chi connectivity index (χ0n) is 7.75. The molecule has 3 atom stereocenters. The summed E-state index contributed by atoms with van der Waals surface area (Å²) in [7, 11) is 1.42. The molecule has 0 spiro atoms. The Balaban J connectivity index is 2.31. The molecule has 2 N–H and O–H groups in total. The van der Waals surface area contributed by atoms with Crippen LogP contribution < -0.4 is 5.73 Å². The first-order chi connectivity index (χ1) is 5.69. The fraction of sp³-hybridized carbons (Fsp3) is 0.889. The van der Waals surface area contributed by atoms with Crippen molar-refractivity contribution in [3.05, 3.63) is 0 Å². The highest BCUT2D eigenvalue weighted by Crippen LogP contribution is 2.44. The van der Waals surface area contributed by atoms with Crippen molar-refractivity contribution >= 4 is 5.97 Å². The number of nitrogens with two attached hydrogens (primary N) is 1. The van der Waals surface area contributed by atoms with Gasteiger partial charge in [0.25, 0.3) is 0 Å². The van der Waals surface area contributed by atoms with Crippen molar-refractivity contribution in [2.45, 2.75) is 19.8 Å². The standard InChI is InChI=1S/C9H17NO2/c1-6-3-8(6)7(5-10)4-9(11)12-2/h6-8H,3-5,10H2,1-2H3. The fourth-order valence-corrected chi connectivity index (χ4v) is 1.71. The molecule has 0 aromatic heterocycles. The number of ether oxygens (including phenoxy) is 1. The second-order valence-electron chi connectivity index (χ2n) is 3.65. The molecular formula is C9H17NO2. The minimum atomic E-state index is -0.135. The predicted molar refractivity (Wildman–Crippen MR) is 46.4 cm³/mol. The smallest absolute Gasteiger partial charge is 0.305 e. The predicted octanol–water partition coefficient (Wildman–Crippen LogP) is 0.780. The molecule has 0 amide bonds. The van der Waals surface area contributed by atoms with E-state index in [0.29, 0.717) is 24.8 Å². The van der Waals surface area contributed by atoms with Crippen LogP contribution in [0.1, 0.15) is 19.8 Å². The molecule has 0 aliphatic heterocycles. The number of hydrogen-bond donors (Lipinski definition) is 1. The summed E-state index contributed by atoms with van der Waals surface area (Å²) in [4.78, 5) is 10.9. The molecule has 1 aliphatic rings. The maximum atomic E-state index is 10.9. The summed E-state index contributed by atoms with van der Waals surface area (Å²) < 4.78 is 4.60. The maximum absolute atomic E-state index is 10.9. The van der Waals surface area contributed by atoms with Gasteiger partial charge >= 0.3 is 5.97 Å². The minimum absolute atomic E-state index is 0.135. The molecule has 0 bridgehead atoms. The normalized spacial score (nSPS) is 29.6. The van der Waals surface area contributed by atoms with Gasteiger partial charge in [0.15, 0.2) is 0 Å². The van der Waals surface area contributed by atoms with E-state index in [9.17, 15) is 4.79 Å². The van der Waals surface area contributed by atoms with Crippen molar-refractivity contribution in [1.82, 2.24) is 0 Å². The van der Waals surface area contributed by atoms with Gasteiger partial charge in [0.2, 0.25) is 0 Å². The van der Waals surface area contributed by atoms with Gasteiger partial charge in [-0.3, -0.25) is 4.79 Å². The lowest BCUT2D eigenvalue weighted by molar-refractivity contribution is -0.141. The molecule has 0 aromatic rings. The highest BCUT2D eigenvalue weighted by Gasteiger charge is 2.39. The topological polar surface area (TPSA) is 52.3 Å². The zero-order chi connectivity index (χ0) is 9.14. The van der Waals surface area contributed by atoms with Gasteiger partial charge in [-0.05, 0) is 30.7 Å². The highest BCUT2D eigenvalue weighted by atomic mass is 16.5. The largest absolute Gasteiger partial charge is 0.469 e. The third-order valence-electron chi connectivity index (χ3n) is 2.74. The van der Waals surface area contributed by atoms with Crippen molar-refractivity contribution in [1.29, 1.82) is 0 Å². The first-order valence-corrected chi connectivity index (χ1v) is 4.46. The van der Waals surface area contributed by atoms with E-state index in [4.69, 9.17) is 5.73 Å². The van der Waals surface area contributed by atoms with Gasteiger partial charge in [0.05, 0.1) is 7.11 Å². The van der Waals surface area contributed by atoms with Crippen molar-refractivity contribution in [2.24, 2.45) is 23.5 Å². The third-order valence-corrected chi connectivity index (χ3v) is 2.74. The zero-order valence-corrected chi connectivity index (χ0v) is 7.75. The van der Waals surface area contributed by atoms with Gasteiger partial charge in [-0.2, -0.15) is 0 Å². The Labute approximate surface area is 73.3 Å².